The van der Waals surface area contributed by atoms with E-state index in [0.717, 1.165) is 42.6 Å². The Kier molecular flexibility index (Phi) is 3.30. The third kappa shape index (κ3) is 2.11. The van der Waals surface area contributed by atoms with E-state index in [0.29, 0.717) is 0 Å². The minimum Gasteiger partial charge on any atom is -0.496 e. The molecule has 3 nitrogen and oxygen atoms in total. The Balaban J connectivity index is 2.44. The lowest BCUT2D eigenvalue weighted by Crippen LogP contribution is -2.19. The average Bonchev–Trinajstić information content (AvgIpc) is 2.79. The first-order valence-corrected chi connectivity index (χ1v) is 5.96. The molecule has 0 amide bonds. The topological polar surface area (TPSA) is 38.7 Å². The van der Waals surface area contributed by atoms with Crippen LogP contribution >= 0.6 is 0 Å². The molecule has 0 bridgehead atoms. The Morgan fingerprint density at radius 2 is 2.06 bits per heavy atom. The number of benzene rings is 1. The highest BCUT2D eigenvalue weighted by molar-refractivity contribution is 5.43. The van der Waals surface area contributed by atoms with Crippen molar-refractivity contribution in [2.24, 2.45) is 4.99 Å². The minimum atomic E-state index is -0.335. The summed E-state index contributed by atoms with van der Waals surface area (Å²) < 4.78 is 5.25. The first-order valence-electron chi connectivity index (χ1n) is 5.96. The average molecular weight is 231 g/mol. The van der Waals surface area contributed by atoms with Crippen LogP contribution < -0.4 is 4.74 Å². The van der Waals surface area contributed by atoms with Crippen molar-refractivity contribution in [2.45, 2.75) is 38.1 Å². The normalized spacial score (nSPS) is 17.5. The SMILES string of the molecule is COc1ccc(C2(N=C=O)CCCC2)cc1C. The fraction of sp³-hybridized carbons (Fsp3) is 0.500. The molecule has 1 aliphatic rings. The zero-order chi connectivity index (χ0) is 12.3. The lowest BCUT2D eigenvalue weighted by atomic mass is 9.88. The van der Waals surface area contributed by atoms with E-state index in [2.05, 4.69) is 11.1 Å². The summed E-state index contributed by atoms with van der Waals surface area (Å²) in [7, 11) is 1.66. The second-order valence-electron chi connectivity index (χ2n) is 4.63. The Morgan fingerprint density at radius 1 is 1.35 bits per heavy atom. The summed E-state index contributed by atoms with van der Waals surface area (Å²) >= 11 is 0. The fourth-order valence-corrected chi connectivity index (χ4v) is 2.68. The molecule has 0 unspecified atom stereocenters. The zero-order valence-corrected chi connectivity index (χ0v) is 10.3. The van der Waals surface area contributed by atoms with Gasteiger partial charge in [0, 0.05) is 0 Å². The number of aryl methyl sites for hydroxylation is 1. The van der Waals surface area contributed by atoms with E-state index in [1.165, 1.54) is 0 Å². The van der Waals surface area contributed by atoms with Gasteiger partial charge in [-0.1, -0.05) is 18.9 Å². The van der Waals surface area contributed by atoms with Crippen molar-refractivity contribution in [2.75, 3.05) is 7.11 Å². The number of carbonyl (C=O) groups excluding carboxylic acids is 1. The summed E-state index contributed by atoms with van der Waals surface area (Å²) in [5.41, 5.74) is 1.85. The van der Waals surface area contributed by atoms with E-state index in [1.807, 2.05) is 19.1 Å². The molecule has 1 saturated carbocycles. The van der Waals surface area contributed by atoms with Gasteiger partial charge in [-0.15, -0.1) is 0 Å². The number of hydrogen-bond acceptors (Lipinski definition) is 3. The Labute approximate surface area is 102 Å². The van der Waals surface area contributed by atoms with Gasteiger partial charge in [-0.2, -0.15) is 4.99 Å². The van der Waals surface area contributed by atoms with E-state index < -0.39 is 0 Å². The monoisotopic (exact) mass is 231 g/mol. The van der Waals surface area contributed by atoms with E-state index >= 15 is 0 Å². The van der Waals surface area contributed by atoms with Crippen molar-refractivity contribution >= 4 is 6.08 Å². The number of methoxy groups -OCH3 is 1. The summed E-state index contributed by atoms with van der Waals surface area (Å²) in [5.74, 6) is 0.872. The largest absolute Gasteiger partial charge is 0.496 e. The van der Waals surface area contributed by atoms with Crippen molar-refractivity contribution in [3.8, 4) is 5.75 Å². The molecule has 3 heteroatoms. The molecule has 2 rings (SSSR count). The maximum atomic E-state index is 10.6. The number of isocyanates is 1. The van der Waals surface area contributed by atoms with Crippen molar-refractivity contribution in [1.29, 1.82) is 0 Å². The van der Waals surface area contributed by atoms with Crippen molar-refractivity contribution in [1.82, 2.24) is 0 Å². The Bertz CT molecular complexity index is 455. The number of rotatable bonds is 3. The molecule has 1 fully saturated rings. The maximum absolute atomic E-state index is 10.6. The summed E-state index contributed by atoms with van der Waals surface area (Å²) in [6.07, 6.45) is 5.86. The molecule has 0 spiro atoms. The summed E-state index contributed by atoms with van der Waals surface area (Å²) in [5, 5.41) is 0. The molecular formula is C14H17NO2. The highest BCUT2D eigenvalue weighted by atomic mass is 16.5. The molecule has 0 atom stereocenters. The van der Waals surface area contributed by atoms with Gasteiger partial charge >= 0.3 is 0 Å². The minimum absolute atomic E-state index is 0.335. The molecule has 1 aromatic rings. The van der Waals surface area contributed by atoms with Crippen LogP contribution in [-0.4, -0.2) is 13.2 Å². The third-order valence-electron chi connectivity index (χ3n) is 3.62. The third-order valence-corrected chi connectivity index (χ3v) is 3.62. The summed E-state index contributed by atoms with van der Waals surface area (Å²) in [6, 6.07) is 6.04. The molecule has 0 aliphatic heterocycles. The van der Waals surface area contributed by atoms with Crippen LogP contribution in [0.2, 0.25) is 0 Å². The fourth-order valence-electron chi connectivity index (χ4n) is 2.68. The van der Waals surface area contributed by atoms with Gasteiger partial charge < -0.3 is 4.74 Å². The maximum Gasteiger partial charge on any atom is 0.235 e. The summed E-state index contributed by atoms with van der Waals surface area (Å²) in [4.78, 5) is 14.7. The molecule has 0 aromatic heterocycles. The van der Waals surface area contributed by atoms with Crippen LogP contribution in [0.15, 0.2) is 23.2 Å². The van der Waals surface area contributed by atoms with E-state index in [9.17, 15) is 4.79 Å². The zero-order valence-electron chi connectivity index (χ0n) is 10.3. The molecule has 0 radical (unpaired) electrons. The molecule has 0 N–H and O–H groups in total. The van der Waals surface area contributed by atoms with Gasteiger partial charge in [0.05, 0.1) is 12.6 Å². The van der Waals surface area contributed by atoms with Crippen molar-refractivity contribution in [3.63, 3.8) is 0 Å². The second kappa shape index (κ2) is 4.72. The van der Waals surface area contributed by atoms with Gasteiger partial charge in [0.15, 0.2) is 0 Å². The van der Waals surface area contributed by atoms with Crippen LogP contribution in [-0.2, 0) is 10.3 Å². The first kappa shape index (κ1) is 11.9. The molecule has 90 valence electrons. The van der Waals surface area contributed by atoms with Gasteiger partial charge in [0.25, 0.3) is 0 Å². The van der Waals surface area contributed by atoms with Gasteiger partial charge in [0.2, 0.25) is 6.08 Å². The van der Waals surface area contributed by atoms with Crippen LogP contribution in [0.5, 0.6) is 5.75 Å². The number of nitrogens with zero attached hydrogens (tertiary/aromatic N) is 1. The quantitative estimate of drug-likeness (QED) is 0.592. The van der Waals surface area contributed by atoms with Crippen LogP contribution in [0, 0.1) is 6.92 Å². The number of aliphatic imine (C=N–C) groups is 1. The van der Waals surface area contributed by atoms with E-state index in [1.54, 1.807) is 13.2 Å². The van der Waals surface area contributed by atoms with Crippen LogP contribution in [0.25, 0.3) is 0 Å². The molecule has 1 aliphatic carbocycles. The van der Waals surface area contributed by atoms with Crippen LogP contribution in [0.3, 0.4) is 0 Å². The smallest absolute Gasteiger partial charge is 0.235 e. The molecule has 1 aromatic carbocycles. The highest BCUT2D eigenvalue weighted by Gasteiger charge is 2.35. The lowest BCUT2D eigenvalue weighted by Gasteiger charge is -2.23. The van der Waals surface area contributed by atoms with Gasteiger partial charge in [0.1, 0.15) is 5.75 Å². The number of ether oxygens (including phenoxy) is 1. The van der Waals surface area contributed by atoms with Gasteiger partial charge in [-0.05, 0) is 43.0 Å². The van der Waals surface area contributed by atoms with Crippen molar-refractivity contribution in [3.05, 3.63) is 29.3 Å². The second-order valence-corrected chi connectivity index (χ2v) is 4.63. The van der Waals surface area contributed by atoms with E-state index in [-0.39, 0.29) is 5.54 Å². The van der Waals surface area contributed by atoms with Gasteiger partial charge in [-0.3, -0.25) is 0 Å². The standard InChI is InChI=1S/C14H17NO2/c1-11-9-12(5-6-13(11)17-2)14(15-10-16)7-3-4-8-14/h5-6,9H,3-4,7-8H2,1-2H3. The van der Waals surface area contributed by atoms with Crippen molar-refractivity contribution < 1.29 is 9.53 Å². The predicted molar refractivity (Wildman–Crippen MR) is 66.0 cm³/mol. The van der Waals surface area contributed by atoms with Crippen LogP contribution in [0.4, 0.5) is 0 Å². The van der Waals surface area contributed by atoms with Crippen LogP contribution in [0.1, 0.15) is 36.8 Å². The predicted octanol–water partition coefficient (Wildman–Crippen LogP) is 3.11. The molecule has 0 saturated heterocycles. The molecule has 17 heavy (non-hydrogen) atoms. The molecular weight excluding hydrogens is 214 g/mol. The first-order chi connectivity index (χ1) is 8.22. The lowest BCUT2D eigenvalue weighted by molar-refractivity contribution is 0.409. The summed E-state index contributed by atoms with van der Waals surface area (Å²) in [6.45, 7) is 2.01. The van der Waals surface area contributed by atoms with Gasteiger partial charge in [-0.25, -0.2) is 4.79 Å². The molecule has 0 heterocycles. The van der Waals surface area contributed by atoms with E-state index in [4.69, 9.17) is 4.74 Å². The number of hydrogen-bond donors (Lipinski definition) is 0. The highest BCUT2D eigenvalue weighted by Crippen LogP contribution is 2.42. The Morgan fingerprint density at radius 3 is 2.59 bits per heavy atom. The Hall–Kier alpha value is -1.60.